The van der Waals surface area contributed by atoms with Crippen LogP contribution in [0.15, 0.2) is 48.5 Å². The summed E-state index contributed by atoms with van der Waals surface area (Å²) < 4.78 is 14.9. The monoisotopic (exact) mass is 515 g/mol. The Bertz CT molecular complexity index is 1270. The molecule has 5 rings (SSSR count). The molecule has 1 amide bonds. The highest BCUT2D eigenvalue weighted by Crippen LogP contribution is 2.30. The molecule has 0 bridgehead atoms. The fraction of sp³-hybridized carbons (Fsp3) is 0.452. The molecule has 0 radical (unpaired) electrons. The number of aromatic nitrogens is 2. The number of aryl methyl sites for hydroxylation is 1. The van der Waals surface area contributed by atoms with E-state index < -0.39 is 5.92 Å². The lowest BCUT2D eigenvalue weighted by atomic mass is 9.90. The molecule has 3 aromatic rings. The van der Waals surface area contributed by atoms with Crippen molar-refractivity contribution in [3.8, 4) is 11.1 Å². The topological polar surface area (TPSA) is 70.2 Å². The highest BCUT2D eigenvalue weighted by Gasteiger charge is 2.26. The molecular weight excluding hydrogens is 477 g/mol. The van der Waals surface area contributed by atoms with Crippen LogP contribution in [-0.4, -0.2) is 42.1 Å². The predicted octanol–water partition coefficient (Wildman–Crippen LogP) is 5.87. The third kappa shape index (κ3) is 5.82. The molecule has 0 unspecified atom stereocenters. The molecule has 6 nitrogen and oxygen atoms in total. The lowest BCUT2D eigenvalue weighted by molar-refractivity contribution is -0.123. The summed E-state index contributed by atoms with van der Waals surface area (Å²) in [6, 6.07) is 15.0. The van der Waals surface area contributed by atoms with Crippen molar-refractivity contribution in [2.75, 3.05) is 24.3 Å². The average molecular weight is 516 g/mol. The highest BCUT2D eigenvalue weighted by atomic mass is 19.1. The number of nitrogens with zero attached hydrogens (tertiary/aromatic N) is 3. The van der Waals surface area contributed by atoms with E-state index in [4.69, 9.17) is 9.97 Å². The zero-order chi connectivity index (χ0) is 26.6. The van der Waals surface area contributed by atoms with E-state index in [1.54, 1.807) is 6.07 Å². The number of rotatable bonds is 7. The summed E-state index contributed by atoms with van der Waals surface area (Å²) in [6.07, 6.45) is 8.12. The third-order valence-electron chi connectivity index (χ3n) is 7.96. The van der Waals surface area contributed by atoms with Gasteiger partial charge in [-0.05, 0) is 75.5 Å². The fourth-order valence-corrected chi connectivity index (χ4v) is 5.70. The molecule has 1 heterocycles. The van der Waals surface area contributed by atoms with Crippen molar-refractivity contribution in [2.24, 2.45) is 0 Å². The van der Waals surface area contributed by atoms with E-state index in [-0.39, 0.29) is 23.8 Å². The molecule has 38 heavy (non-hydrogen) atoms. The van der Waals surface area contributed by atoms with Crippen LogP contribution in [0.3, 0.4) is 0 Å². The van der Waals surface area contributed by atoms with Crippen LogP contribution in [0.2, 0.25) is 0 Å². The van der Waals surface area contributed by atoms with Gasteiger partial charge in [0.2, 0.25) is 11.9 Å². The van der Waals surface area contributed by atoms with E-state index in [2.05, 4.69) is 15.5 Å². The first-order chi connectivity index (χ1) is 18.4. The minimum Gasteiger partial charge on any atom is -0.362 e. The smallest absolute Gasteiger partial charge is 0.227 e. The molecule has 1 atom stereocenters. The fourth-order valence-electron chi connectivity index (χ4n) is 5.70. The van der Waals surface area contributed by atoms with Gasteiger partial charge in [0.15, 0.2) is 0 Å². The number of halogens is 1. The number of benzene rings is 2. The van der Waals surface area contributed by atoms with Crippen molar-refractivity contribution in [3.05, 3.63) is 71.2 Å². The molecule has 0 saturated heterocycles. The summed E-state index contributed by atoms with van der Waals surface area (Å²) in [7, 11) is 4.09. The van der Waals surface area contributed by atoms with E-state index in [0.717, 1.165) is 55.9 Å². The molecule has 200 valence electrons. The van der Waals surface area contributed by atoms with Crippen LogP contribution in [-0.2, 0) is 17.6 Å². The van der Waals surface area contributed by atoms with E-state index in [0.29, 0.717) is 11.1 Å². The van der Waals surface area contributed by atoms with Gasteiger partial charge >= 0.3 is 0 Å². The molecular formula is C31H38FN5O. The van der Waals surface area contributed by atoms with Crippen molar-refractivity contribution in [2.45, 2.75) is 76.3 Å². The largest absolute Gasteiger partial charge is 0.362 e. The molecule has 0 aliphatic heterocycles. The van der Waals surface area contributed by atoms with Crippen molar-refractivity contribution in [3.63, 3.8) is 0 Å². The Morgan fingerprint density at radius 1 is 0.974 bits per heavy atom. The molecule has 1 aromatic heterocycles. The van der Waals surface area contributed by atoms with Crippen molar-refractivity contribution < 1.29 is 9.18 Å². The molecule has 0 spiro atoms. The van der Waals surface area contributed by atoms with Gasteiger partial charge in [-0.2, -0.15) is 4.98 Å². The van der Waals surface area contributed by atoms with Crippen LogP contribution >= 0.6 is 0 Å². The Morgan fingerprint density at radius 2 is 1.68 bits per heavy atom. The minimum absolute atomic E-state index is 0.0538. The zero-order valence-electron chi connectivity index (χ0n) is 22.6. The van der Waals surface area contributed by atoms with Crippen LogP contribution in [0.5, 0.6) is 0 Å². The number of nitrogens with one attached hydrogen (secondary N) is 2. The second-order valence-corrected chi connectivity index (χ2v) is 10.9. The average Bonchev–Trinajstić information content (AvgIpc) is 2.93. The number of hydrogen-bond donors (Lipinski definition) is 2. The second kappa shape index (κ2) is 11.5. The van der Waals surface area contributed by atoms with Crippen LogP contribution in [0.25, 0.3) is 11.1 Å². The van der Waals surface area contributed by atoms with Crippen LogP contribution in [0, 0.1) is 5.82 Å². The Morgan fingerprint density at radius 3 is 2.39 bits per heavy atom. The molecule has 2 aromatic carbocycles. The van der Waals surface area contributed by atoms with Gasteiger partial charge in [-0.1, -0.05) is 42.5 Å². The van der Waals surface area contributed by atoms with Gasteiger partial charge in [0.05, 0.1) is 11.6 Å². The Balaban J connectivity index is 1.16. The molecule has 1 saturated carbocycles. The highest BCUT2D eigenvalue weighted by molar-refractivity contribution is 5.83. The number of fused-ring (bicyclic) bond motifs is 1. The molecule has 2 N–H and O–H groups in total. The van der Waals surface area contributed by atoms with Gasteiger partial charge in [0, 0.05) is 37.3 Å². The van der Waals surface area contributed by atoms with Crippen molar-refractivity contribution in [1.29, 1.82) is 0 Å². The van der Waals surface area contributed by atoms with E-state index in [9.17, 15) is 9.18 Å². The molecule has 2 aliphatic rings. The summed E-state index contributed by atoms with van der Waals surface area (Å²) in [5, 5.41) is 6.78. The van der Waals surface area contributed by atoms with E-state index in [1.165, 1.54) is 30.2 Å². The summed E-state index contributed by atoms with van der Waals surface area (Å²) in [4.78, 5) is 24.8. The molecule has 2 aliphatic carbocycles. The SMILES string of the molecule is C[C@H](C(=O)NC1CCC(Nc2nc3c(c(N(C)C)n2)CCCC3)CC1)c1ccc(-c2ccccc2)c(F)c1. The van der Waals surface area contributed by atoms with Gasteiger partial charge in [-0.15, -0.1) is 0 Å². The van der Waals surface area contributed by atoms with Crippen LogP contribution in [0.1, 0.15) is 68.2 Å². The predicted molar refractivity (Wildman–Crippen MR) is 151 cm³/mol. The third-order valence-corrected chi connectivity index (χ3v) is 7.96. The minimum atomic E-state index is -0.418. The summed E-state index contributed by atoms with van der Waals surface area (Å²) in [5.41, 5.74) is 4.55. The quantitative estimate of drug-likeness (QED) is 0.412. The van der Waals surface area contributed by atoms with Crippen molar-refractivity contribution >= 4 is 17.7 Å². The zero-order valence-corrected chi connectivity index (χ0v) is 22.6. The first-order valence-corrected chi connectivity index (χ1v) is 13.9. The molecule has 7 heteroatoms. The van der Waals surface area contributed by atoms with Gasteiger partial charge in [-0.25, -0.2) is 9.37 Å². The number of carbonyl (C=O) groups is 1. The lowest BCUT2D eigenvalue weighted by Gasteiger charge is -2.31. The maximum absolute atomic E-state index is 14.9. The van der Waals surface area contributed by atoms with E-state index >= 15 is 0 Å². The van der Waals surface area contributed by atoms with Crippen molar-refractivity contribution in [1.82, 2.24) is 15.3 Å². The Kier molecular flexibility index (Phi) is 7.91. The van der Waals surface area contributed by atoms with Gasteiger partial charge < -0.3 is 15.5 Å². The number of hydrogen-bond acceptors (Lipinski definition) is 5. The normalized spacial score (nSPS) is 19.8. The van der Waals surface area contributed by atoms with Crippen LogP contribution in [0.4, 0.5) is 16.2 Å². The summed E-state index contributed by atoms with van der Waals surface area (Å²) in [5.74, 6) is 0.971. The second-order valence-electron chi connectivity index (χ2n) is 10.9. The summed E-state index contributed by atoms with van der Waals surface area (Å²) in [6.45, 7) is 1.84. The number of anilines is 2. The lowest BCUT2D eigenvalue weighted by Crippen LogP contribution is -2.41. The Labute approximate surface area is 225 Å². The first-order valence-electron chi connectivity index (χ1n) is 13.9. The molecule has 1 fully saturated rings. The maximum Gasteiger partial charge on any atom is 0.227 e. The van der Waals surface area contributed by atoms with Gasteiger partial charge in [-0.3, -0.25) is 4.79 Å². The first kappa shape index (κ1) is 26.1. The number of amides is 1. The Hall–Kier alpha value is -3.48. The maximum atomic E-state index is 14.9. The van der Waals surface area contributed by atoms with E-state index in [1.807, 2.05) is 57.4 Å². The van der Waals surface area contributed by atoms with Crippen LogP contribution < -0.4 is 15.5 Å². The van der Waals surface area contributed by atoms with Gasteiger partial charge in [0.1, 0.15) is 11.6 Å². The summed E-state index contributed by atoms with van der Waals surface area (Å²) >= 11 is 0. The standard InChI is InChI=1S/C31H38FN5O/c1-20(22-13-18-25(27(32)19-22)21-9-5-4-6-10-21)30(38)33-23-14-16-24(17-15-23)34-31-35-28-12-8-7-11-26(28)29(36-31)37(2)3/h4-6,9-10,13,18-20,23-24H,7-8,11-12,14-17H2,1-3H3,(H,33,38)(H,34,35,36)/t20-,23?,24?/m0/s1. The number of carbonyl (C=O) groups excluding carboxylic acids is 1. The van der Waals surface area contributed by atoms with Gasteiger partial charge in [0.25, 0.3) is 0 Å².